The first-order valence-electron chi connectivity index (χ1n) is 7.00. The molecule has 108 valence electrons. The van der Waals surface area contributed by atoms with Crippen LogP contribution in [0.1, 0.15) is 24.6 Å². The molecule has 21 heavy (non-hydrogen) atoms. The van der Waals surface area contributed by atoms with Crippen LogP contribution >= 0.6 is 22.9 Å². The molecule has 1 aromatic heterocycles. The van der Waals surface area contributed by atoms with E-state index in [9.17, 15) is 4.79 Å². The largest absolute Gasteiger partial charge is 0.273 e. The van der Waals surface area contributed by atoms with Gasteiger partial charge in [0.25, 0.3) is 0 Å². The highest BCUT2D eigenvalue weighted by Crippen LogP contribution is 2.44. The van der Waals surface area contributed by atoms with E-state index in [-0.39, 0.29) is 18.1 Å². The van der Waals surface area contributed by atoms with Crippen LogP contribution in [0.5, 0.6) is 0 Å². The molecule has 0 N–H and O–H groups in total. The van der Waals surface area contributed by atoms with Crippen LogP contribution in [-0.2, 0) is 4.79 Å². The summed E-state index contributed by atoms with van der Waals surface area (Å²) in [5.74, 6) is 0.146. The number of hydrogen-bond acceptors (Lipinski definition) is 4. The van der Waals surface area contributed by atoms with Gasteiger partial charge in [-0.25, -0.2) is 4.98 Å². The Labute approximate surface area is 132 Å². The third-order valence-corrected chi connectivity index (χ3v) is 5.30. The molecule has 3 heterocycles. The van der Waals surface area contributed by atoms with Crippen LogP contribution in [0.4, 0.5) is 5.13 Å². The SMILES string of the molecule is O=C1[C@@H]2CCCN2[C@@H](c2ccccc2Cl)N1c1nccs1. The van der Waals surface area contributed by atoms with Crippen LogP contribution in [-0.4, -0.2) is 28.4 Å². The summed E-state index contributed by atoms with van der Waals surface area (Å²) >= 11 is 7.88. The maximum absolute atomic E-state index is 12.8. The van der Waals surface area contributed by atoms with Gasteiger partial charge in [-0.15, -0.1) is 11.3 Å². The van der Waals surface area contributed by atoms with Crippen LogP contribution in [0.25, 0.3) is 0 Å². The summed E-state index contributed by atoms with van der Waals surface area (Å²) in [5.41, 5.74) is 0.979. The molecule has 1 amide bonds. The molecule has 6 heteroatoms. The zero-order valence-corrected chi connectivity index (χ0v) is 12.8. The molecule has 0 spiro atoms. The van der Waals surface area contributed by atoms with Crippen molar-refractivity contribution in [3.05, 3.63) is 46.4 Å². The number of aromatic nitrogens is 1. The molecule has 2 atom stereocenters. The van der Waals surface area contributed by atoms with E-state index in [0.717, 1.165) is 30.1 Å². The van der Waals surface area contributed by atoms with E-state index in [0.29, 0.717) is 5.02 Å². The quantitative estimate of drug-likeness (QED) is 0.852. The molecule has 0 aliphatic carbocycles. The summed E-state index contributed by atoms with van der Waals surface area (Å²) in [6, 6.07) is 7.73. The number of rotatable bonds is 2. The van der Waals surface area contributed by atoms with Gasteiger partial charge in [0.1, 0.15) is 6.17 Å². The average molecular weight is 320 g/mol. The van der Waals surface area contributed by atoms with E-state index >= 15 is 0 Å². The fraction of sp³-hybridized carbons (Fsp3) is 0.333. The van der Waals surface area contributed by atoms with Crippen molar-refractivity contribution >= 4 is 34.0 Å². The number of amides is 1. The average Bonchev–Trinajstić information content (AvgIpc) is 3.18. The van der Waals surface area contributed by atoms with Crippen molar-refractivity contribution in [1.82, 2.24) is 9.88 Å². The van der Waals surface area contributed by atoms with E-state index in [1.807, 2.05) is 34.5 Å². The lowest BCUT2D eigenvalue weighted by molar-refractivity contribution is -0.119. The molecule has 4 nitrogen and oxygen atoms in total. The van der Waals surface area contributed by atoms with Crippen molar-refractivity contribution in [3.8, 4) is 0 Å². The highest BCUT2D eigenvalue weighted by Gasteiger charge is 2.50. The third-order valence-electron chi connectivity index (χ3n) is 4.18. The first-order valence-corrected chi connectivity index (χ1v) is 8.26. The summed E-state index contributed by atoms with van der Waals surface area (Å²) in [6.07, 6.45) is 3.58. The molecular weight excluding hydrogens is 306 g/mol. The van der Waals surface area contributed by atoms with Gasteiger partial charge in [-0.3, -0.25) is 14.6 Å². The number of carbonyl (C=O) groups is 1. The van der Waals surface area contributed by atoms with Crippen molar-refractivity contribution in [2.45, 2.75) is 25.0 Å². The molecule has 2 aliphatic rings. The Morgan fingerprint density at radius 1 is 1.33 bits per heavy atom. The molecule has 0 unspecified atom stereocenters. The van der Waals surface area contributed by atoms with Gasteiger partial charge in [0.05, 0.1) is 6.04 Å². The van der Waals surface area contributed by atoms with Gasteiger partial charge in [0, 0.05) is 28.7 Å². The van der Waals surface area contributed by atoms with E-state index in [2.05, 4.69) is 9.88 Å². The molecule has 1 aromatic carbocycles. The van der Waals surface area contributed by atoms with Crippen molar-refractivity contribution in [2.24, 2.45) is 0 Å². The Bertz CT molecular complexity index is 675. The standard InChI is InChI=1S/C15H14ClN3OS/c16-11-5-2-1-4-10(11)13-18-8-3-6-12(18)14(20)19(13)15-17-7-9-21-15/h1-2,4-5,7,9,12-13H,3,6,8H2/t12-,13+/m0/s1. The molecule has 0 radical (unpaired) electrons. The summed E-state index contributed by atoms with van der Waals surface area (Å²) < 4.78 is 0. The molecule has 4 rings (SSSR count). The number of anilines is 1. The number of fused-ring (bicyclic) bond motifs is 1. The van der Waals surface area contributed by atoms with Gasteiger partial charge >= 0.3 is 0 Å². The van der Waals surface area contributed by atoms with Crippen LogP contribution in [0.15, 0.2) is 35.8 Å². The lowest BCUT2D eigenvalue weighted by atomic mass is 10.1. The summed E-state index contributed by atoms with van der Waals surface area (Å²) in [4.78, 5) is 21.2. The van der Waals surface area contributed by atoms with E-state index in [4.69, 9.17) is 11.6 Å². The van der Waals surface area contributed by atoms with E-state index in [1.165, 1.54) is 11.3 Å². The van der Waals surface area contributed by atoms with Crippen molar-refractivity contribution in [2.75, 3.05) is 11.4 Å². The van der Waals surface area contributed by atoms with Gasteiger partial charge in [-0.1, -0.05) is 29.8 Å². The predicted molar refractivity (Wildman–Crippen MR) is 83.5 cm³/mol. The van der Waals surface area contributed by atoms with Crippen LogP contribution < -0.4 is 4.90 Å². The number of carbonyl (C=O) groups excluding carboxylic acids is 1. The molecule has 0 saturated carbocycles. The minimum absolute atomic E-state index is 0.0322. The second kappa shape index (κ2) is 5.09. The molecule has 2 fully saturated rings. The van der Waals surface area contributed by atoms with Crippen LogP contribution in [0.2, 0.25) is 5.02 Å². The first kappa shape index (κ1) is 13.2. The minimum Gasteiger partial charge on any atom is -0.273 e. The van der Waals surface area contributed by atoms with Gasteiger partial charge in [0.2, 0.25) is 5.91 Å². The topological polar surface area (TPSA) is 36.4 Å². The second-order valence-electron chi connectivity index (χ2n) is 5.31. The first-order chi connectivity index (χ1) is 10.3. The van der Waals surface area contributed by atoms with Gasteiger partial charge in [0.15, 0.2) is 5.13 Å². The number of thiazole rings is 1. The maximum Gasteiger partial charge on any atom is 0.247 e. The fourth-order valence-corrected chi connectivity index (χ4v) is 4.21. The maximum atomic E-state index is 12.8. The van der Waals surface area contributed by atoms with Crippen LogP contribution in [0.3, 0.4) is 0 Å². The highest BCUT2D eigenvalue weighted by molar-refractivity contribution is 7.13. The normalized spacial score (nSPS) is 25.6. The lowest BCUT2D eigenvalue weighted by Crippen LogP contribution is -2.32. The number of hydrogen-bond donors (Lipinski definition) is 0. The van der Waals surface area contributed by atoms with Gasteiger partial charge < -0.3 is 0 Å². The Morgan fingerprint density at radius 2 is 2.19 bits per heavy atom. The minimum atomic E-state index is -0.134. The Hall–Kier alpha value is -1.43. The molecule has 2 saturated heterocycles. The zero-order valence-electron chi connectivity index (χ0n) is 11.3. The second-order valence-corrected chi connectivity index (χ2v) is 6.59. The fourth-order valence-electron chi connectivity index (χ4n) is 3.31. The predicted octanol–water partition coefficient (Wildman–Crippen LogP) is 3.31. The summed E-state index contributed by atoms with van der Waals surface area (Å²) in [7, 11) is 0. The molecule has 2 aromatic rings. The van der Waals surface area contributed by atoms with Gasteiger partial charge in [-0.2, -0.15) is 0 Å². The van der Waals surface area contributed by atoms with Crippen molar-refractivity contribution in [3.63, 3.8) is 0 Å². The van der Waals surface area contributed by atoms with E-state index in [1.54, 1.807) is 6.20 Å². The van der Waals surface area contributed by atoms with Crippen molar-refractivity contribution < 1.29 is 4.79 Å². The number of nitrogens with zero attached hydrogens (tertiary/aromatic N) is 3. The third kappa shape index (κ3) is 1.99. The Kier molecular flexibility index (Phi) is 3.21. The summed E-state index contributed by atoms with van der Waals surface area (Å²) in [6.45, 7) is 0.925. The number of benzene rings is 1. The summed E-state index contributed by atoms with van der Waals surface area (Å²) in [5, 5.41) is 3.35. The zero-order chi connectivity index (χ0) is 14.4. The number of halogens is 1. The Balaban J connectivity index is 1.84. The molecular formula is C15H14ClN3OS. The van der Waals surface area contributed by atoms with Crippen molar-refractivity contribution in [1.29, 1.82) is 0 Å². The Morgan fingerprint density at radius 3 is 2.95 bits per heavy atom. The molecule has 0 bridgehead atoms. The lowest BCUT2D eigenvalue weighted by Gasteiger charge is -2.28. The monoisotopic (exact) mass is 319 g/mol. The van der Waals surface area contributed by atoms with E-state index < -0.39 is 0 Å². The smallest absolute Gasteiger partial charge is 0.247 e. The highest BCUT2D eigenvalue weighted by atomic mass is 35.5. The molecule has 2 aliphatic heterocycles. The van der Waals surface area contributed by atoms with Gasteiger partial charge in [-0.05, 0) is 18.9 Å². The van der Waals surface area contributed by atoms with Crippen LogP contribution in [0, 0.1) is 0 Å².